The topological polar surface area (TPSA) is 59.1 Å². The van der Waals surface area contributed by atoms with Gasteiger partial charge >= 0.3 is 0 Å². The van der Waals surface area contributed by atoms with E-state index < -0.39 is 18.6 Å². The number of hydrogen-bond donors (Lipinski definition) is 2. The third-order valence-corrected chi connectivity index (χ3v) is 1.78. The summed E-state index contributed by atoms with van der Waals surface area (Å²) in [6.45, 7) is -0.445. The van der Waals surface area contributed by atoms with Gasteiger partial charge in [0, 0.05) is 5.56 Å². The number of rotatable bonds is 2. The molecule has 0 amide bonds. The molecule has 0 atom stereocenters. The van der Waals surface area contributed by atoms with Crippen LogP contribution >= 0.6 is 11.6 Å². The molecule has 1 rings (SSSR count). The van der Waals surface area contributed by atoms with Crippen molar-refractivity contribution in [3.05, 3.63) is 22.5 Å². The second kappa shape index (κ2) is 3.85. The molecule has 0 saturated heterocycles. The zero-order valence-corrected chi connectivity index (χ0v) is 7.22. The molecular weight excluding hydrogens is 202 g/mol. The number of alkyl halides is 2. The molecule has 6 heteroatoms. The molecule has 0 fully saturated rings. The van der Waals surface area contributed by atoms with Crippen molar-refractivity contribution < 1.29 is 13.9 Å². The molecule has 0 aliphatic carbocycles. The monoisotopic (exact) mass is 208 g/mol. The van der Waals surface area contributed by atoms with E-state index in [-0.39, 0.29) is 16.5 Å². The summed E-state index contributed by atoms with van der Waals surface area (Å²) in [6, 6.07) is 1.03. The van der Waals surface area contributed by atoms with Crippen LogP contribution in [0, 0.1) is 0 Å². The molecule has 0 unspecified atom stereocenters. The van der Waals surface area contributed by atoms with Gasteiger partial charge < -0.3 is 10.8 Å². The maximum absolute atomic E-state index is 12.3. The summed E-state index contributed by atoms with van der Waals surface area (Å²) < 4.78 is 24.6. The second-order valence-electron chi connectivity index (χ2n) is 2.37. The Bertz CT molecular complexity index is 320. The summed E-state index contributed by atoms with van der Waals surface area (Å²) in [6.07, 6.45) is -2.72. The molecule has 72 valence electrons. The average Bonchev–Trinajstić information content (AvgIpc) is 2.09. The van der Waals surface area contributed by atoms with E-state index in [2.05, 4.69) is 4.98 Å². The van der Waals surface area contributed by atoms with E-state index in [0.717, 1.165) is 6.07 Å². The smallest absolute Gasteiger partial charge is 0.266 e. The van der Waals surface area contributed by atoms with Crippen LogP contribution in [-0.2, 0) is 6.61 Å². The number of hydrogen-bond acceptors (Lipinski definition) is 3. The Morgan fingerprint density at radius 2 is 2.23 bits per heavy atom. The lowest BCUT2D eigenvalue weighted by atomic mass is 10.2. The summed E-state index contributed by atoms with van der Waals surface area (Å²) in [5.41, 5.74) is 4.69. The van der Waals surface area contributed by atoms with E-state index in [1.54, 1.807) is 0 Å². The minimum absolute atomic E-state index is 0.0782. The highest BCUT2D eigenvalue weighted by molar-refractivity contribution is 6.32. The van der Waals surface area contributed by atoms with E-state index >= 15 is 0 Å². The van der Waals surface area contributed by atoms with Crippen LogP contribution in [0.3, 0.4) is 0 Å². The van der Waals surface area contributed by atoms with Crippen LogP contribution in [0.15, 0.2) is 6.07 Å². The summed E-state index contributed by atoms with van der Waals surface area (Å²) in [5, 5.41) is 8.45. The van der Waals surface area contributed by atoms with Crippen LogP contribution in [0.5, 0.6) is 0 Å². The van der Waals surface area contributed by atoms with Gasteiger partial charge in [0.05, 0.1) is 18.0 Å². The first-order chi connectivity index (χ1) is 6.06. The number of aromatic nitrogens is 1. The summed E-state index contributed by atoms with van der Waals surface area (Å²) in [5.74, 6) is 0. The van der Waals surface area contributed by atoms with Crippen molar-refractivity contribution in [1.82, 2.24) is 4.98 Å². The van der Waals surface area contributed by atoms with Gasteiger partial charge in [-0.25, -0.2) is 13.8 Å². The van der Waals surface area contributed by atoms with Crippen LogP contribution < -0.4 is 5.73 Å². The van der Waals surface area contributed by atoms with Crippen LogP contribution in [-0.4, -0.2) is 10.1 Å². The lowest BCUT2D eigenvalue weighted by Crippen LogP contribution is -2.01. The normalized spacial score (nSPS) is 10.8. The molecule has 13 heavy (non-hydrogen) atoms. The molecule has 0 saturated carbocycles. The summed E-state index contributed by atoms with van der Waals surface area (Å²) in [7, 11) is 0. The van der Waals surface area contributed by atoms with Crippen molar-refractivity contribution in [2.45, 2.75) is 13.0 Å². The zero-order chi connectivity index (χ0) is 10.0. The SMILES string of the molecule is Nc1c(C(F)F)cc(CO)nc1Cl. The maximum Gasteiger partial charge on any atom is 0.266 e. The first-order valence-electron chi connectivity index (χ1n) is 3.40. The molecule has 1 aromatic heterocycles. The zero-order valence-electron chi connectivity index (χ0n) is 6.47. The number of aliphatic hydroxyl groups excluding tert-OH is 1. The number of nitrogens with zero attached hydrogens (tertiary/aromatic N) is 1. The fraction of sp³-hybridized carbons (Fsp3) is 0.286. The fourth-order valence-corrected chi connectivity index (χ4v) is 1.07. The van der Waals surface area contributed by atoms with Crippen LogP contribution in [0.4, 0.5) is 14.5 Å². The van der Waals surface area contributed by atoms with Crippen molar-refractivity contribution >= 4 is 17.3 Å². The van der Waals surface area contributed by atoms with Gasteiger partial charge in [0.15, 0.2) is 5.15 Å². The Kier molecular flexibility index (Phi) is 3.00. The fourth-order valence-electron chi connectivity index (χ4n) is 0.856. The van der Waals surface area contributed by atoms with Crippen molar-refractivity contribution in [3.8, 4) is 0 Å². The standard InChI is InChI=1S/C7H7ClF2N2O/c8-6-5(11)4(7(9)10)1-3(2-13)12-6/h1,7,13H,2,11H2. The quantitative estimate of drug-likeness (QED) is 0.728. The molecule has 0 spiro atoms. The number of aliphatic hydroxyl groups is 1. The van der Waals surface area contributed by atoms with Gasteiger partial charge in [-0.1, -0.05) is 11.6 Å². The van der Waals surface area contributed by atoms with Gasteiger partial charge in [-0.15, -0.1) is 0 Å². The van der Waals surface area contributed by atoms with E-state index in [4.69, 9.17) is 22.4 Å². The highest BCUT2D eigenvalue weighted by Gasteiger charge is 2.15. The summed E-state index contributed by atoms with van der Waals surface area (Å²) >= 11 is 5.46. The van der Waals surface area contributed by atoms with Gasteiger partial charge in [-0.2, -0.15) is 0 Å². The van der Waals surface area contributed by atoms with Crippen LogP contribution in [0.25, 0.3) is 0 Å². The van der Waals surface area contributed by atoms with Crippen LogP contribution in [0.1, 0.15) is 17.7 Å². The molecule has 0 aliphatic rings. The molecule has 0 bridgehead atoms. The van der Waals surface area contributed by atoms with Crippen molar-refractivity contribution in [2.75, 3.05) is 5.73 Å². The highest BCUT2D eigenvalue weighted by Crippen LogP contribution is 2.29. The maximum atomic E-state index is 12.3. The minimum atomic E-state index is -2.72. The lowest BCUT2D eigenvalue weighted by molar-refractivity contribution is 0.151. The molecule has 3 nitrogen and oxygen atoms in total. The molecule has 1 aromatic rings. The number of halogens is 3. The number of pyridine rings is 1. The number of nitrogens with two attached hydrogens (primary N) is 1. The predicted molar refractivity (Wildman–Crippen MR) is 44.5 cm³/mol. The van der Waals surface area contributed by atoms with Gasteiger partial charge in [-0.05, 0) is 6.07 Å². The number of nitrogen functional groups attached to an aromatic ring is 1. The van der Waals surface area contributed by atoms with Crippen LogP contribution in [0.2, 0.25) is 5.15 Å². The first-order valence-corrected chi connectivity index (χ1v) is 3.78. The Labute approximate surface area is 78.1 Å². The van der Waals surface area contributed by atoms with Crippen molar-refractivity contribution in [1.29, 1.82) is 0 Å². The number of anilines is 1. The third kappa shape index (κ3) is 2.05. The Hall–Kier alpha value is -0.940. The molecule has 1 heterocycles. The predicted octanol–water partition coefficient (Wildman–Crippen LogP) is 1.75. The van der Waals surface area contributed by atoms with Crippen molar-refractivity contribution in [3.63, 3.8) is 0 Å². The Morgan fingerprint density at radius 1 is 1.62 bits per heavy atom. The molecule has 3 N–H and O–H groups in total. The van der Waals surface area contributed by atoms with Gasteiger partial charge in [-0.3, -0.25) is 0 Å². The van der Waals surface area contributed by atoms with E-state index in [1.165, 1.54) is 0 Å². The summed E-state index contributed by atoms with van der Waals surface area (Å²) in [4.78, 5) is 3.59. The third-order valence-electron chi connectivity index (χ3n) is 1.49. The van der Waals surface area contributed by atoms with E-state index in [1.807, 2.05) is 0 Å². The first kappa shape index (κ1) is 10.1. The largest absolute Gasteiger partial charge is 0.396 e. The minimum Gasteiger partial charge on any atom is -0.396 e. The molecule has 0 aliphatic heterocycles. The Morgan fingerprint density at radius 3 is 2.69 bits per heavy atom. The van der Waals surface area contributed by atoms with Crippen molar-refractivity contribution in [2.24, 2.45) is 0 Å². The lowest BCUT2D eigenvalue weighted by Gasteiger charge is -2.07. The van der Waals surface area contributed by atoms with Gasteiger partial charge in [0.1, 0.15) is 0 Å². The second-order valence-corrected chi connectivity index (χ2v) is 2.72. The van der Waals surface area contributed by atoms with E-state index in [0.29, 0.717) is 0 Å². The highest BCUT2D eigenvalue weighted by atomic mass is 35.5. The average molecular weight is 209 g/mol. The van der Waals surface area contributed by atoms with Gasteiger partial charge in [0.2, 0.25) is 0 Å². The van der Waals surface area contributed by atoms with E-state index in [9.17, 15) is 8.78 Å². The van der Waals surface area contributed by atoms with Gasteiger partial charge in [0.25, 0.3) is 6.43 Å². The molecule has 0 radical (unpaired) electrons. The molecular formula is C7H7ClF2N2O. The molecule has 0 aromatic carbocycles. The Balaban J connectivity index is 3.25.